The van der Waals surface area contributed by atoms with E-state index >= 15 is 0 Å². The second kappa shape index (κ2) is 7.29. The lowest BCUT2D eigenvalue weighted by atomic mass is 10.1. The van der Waals surface area contributed by atoms with Crippen molar-refractivity contribution in [3.05, 3.63) is 56.5 Å². The number of benzene rings is 2. The summed E-state index contributed by atoms with van der Waals surface area (Å²) in [5.41, 5.74) is 2.81. The van der Waals surface area contributed by atoms with E-state index in [-0.39, 0.29) is 0 Å². The van der Waals surface area contributed by atoms with Crippen LogP contribution in [-0.2, 0) is 0 Å². The molecule has 0 aliphatic heterocycles. The summed E-state index contributed by atoms with van der Waals surface area (Å²) in [6, 6.07) is 11.7. The lowest BCUT2D eigenvalue weighted by Gasteiger charge is -2.17. The minimum Gasteiger partial charge on any atom is -0.496 e. The zero-order valence-corrected chi connectivity index (χ0v) is 15.0. The van der Waals surface area contributed by atoms with Gasteiger partial charge in [0.15, 0.2) is 0 Å². The van der Waals surface area contributed by atoms with Crippen molar-refractivity contribution in [2.45, 2.75) is 13.0 Å². The third-order valence-electron chi connectivity index (χ3n) is 3.16. The second-order valence-corrected chi connectivity index (χ2v) is 6.54. The van der Waals surface area contributed by atoms with E-state index in [9.17, 15) is 5.11 Å². The van der Waals surface area contributed by atoms with Gasteiger partial charge in [0.25, 0.3) is 0 Å². The Kier molecular flexibility index (Phi) is 5.67. The van der Waals surface area contributed by atoms with E-state index in [1.54, 1.807) is 7.11 Å². The highest BCUT2D eigenvalue weighted by Gasteiger charge is 2.14. The van der Waals surface area contributed by atoms with Crippen molar-refractivity contribution in [1.82, 2.24) is 0 Å². The summed E-state index contributed by atoms with van der Waals surface area (Å²) in [6.45, 7) is 2.39. The van der Waals surface area contributed by atoms with E-state index in [0.29, 0.717) is 12.3 Å². The van der Waals surface area contributed by atoms with Crippen molar-refractivity contribution in [3.8, 4) is 5.75 Å². The van der Waals surface area contributed by atoms with Gasteiger partial charge in [-0.3, -0.25) is 0 Å². The second-order valence-electron chi connectivity index (χ2n) is 4.77. The smallest absolute Gasteiger partial charge is 0.124 e. The van der Waals surface area contributed by atoms with Gasteiger partial charge in [-0.2, -0.15) is 0 Å². The van der Waals surface area contributed by atoms with Gasteiger partial charge >= 0.3 is 0 Å². The fourth-order valence-electron chi connectivity index (χ4n) is 2.06. The normalized spacial score (nSPS) is 12.0. The SMILES string of the molecule is COc1ccc(C)cc1C(O)CNc1cc(Br)ccc1Br. The topological polar surface area (TPSA) is 41.5 Å². The van der Waals surface area contributed by atoms with Crippen LogP contribution in [0, 0.1) is 6.92 Å². The maximum absolute atomic E-state index is 10.4. The maximum atomic E-state index is 10.4. The van der Waals surface area contributed by atoms with Crippen LogP contribution in [0.3, 0.4) is 0 Å². The Hall–Kier alpha value is -1.04. The summed E-state index contributed by atoms with van der Waals surface area (Å²) in [5, 5.41) is 13.6. The van der Waals surface area contributed by atoms with E-state index in [1.807, 2.05) is 43.3 Å². The van der Waals surface area contributed by atoms with Crippen LogP contribution in [0.5, 0.6) is 5.75 Å². The third-order valence-corrected chi connectivity index (χ3v) is 4.34. The first-order chi connectivity index (χ1) is 10.0. The first-order valence-electron chi connectivity index (χ1n) is 6.53. The number of ether oxygens (including phenoxy) is 1. The monoisotopic (exact) mass is 413 g/mol. The Morgan fingerprint density at radius 3 is 2.67 bits per heavy atom. The fourth-order valence-corrected chi connectivity index (χ4v) is 2.81. The summed E-state index contributed by atoms with van der Waals surface area (Å²) >= 11 is 6.92. The van der Waals surface area contributed by atoms with Crippen LogP contribution >= 0.6 is 31.9 Å². The number of hydrogen-bond donors (Lipinski definition) is 2. The number of rotatable bonds is 5. The average molecular weight is 415 g/mol. The van der Waals surface area contributed by atoms with Gasteiger partial charge in [-0.25, -0.2) is 0 Å². The van der Waals surface area contributed by atoms with Crippen LogP contribution in [0.15, 0.2) is 45.3 Å². The predicted octanol–water partition coefficient (Wildman–Crippen LogP) is 4.67. The zero-order valence-electron chi connectivity index (χ0n) is 11.9. The van der Waals surface area contributed by atoms with Gasteiger partial charge < -0.3 is 15.2 Å². The number of hydrogen-bond acceptors (Lipinski definition) is 3. The zero-order chi connectivity index (χ0) is 15.4. The average Bonchev–Trinajstić information content (AvgIpc) is 2.47. The van der Waals surface area contributed by atoms with Gasteiger partial charge in [0.1, 0.15) is 5.75 Å². The van der Waals surface area contributed by atoms with Gasteiger partial charge in [-0.1, -0.05) is 27.6 Å². The summed E-state index contributed by atoms with van der Waals surface area (Å²) in [6.07, 6.45) is -0.647. The van der Waals surface area contributed by atoms with E-state index in [1.165, 1.54) is 0 Å². The molecule has 21 heavy (non-hydrogen) atoms. The van der Waals surface area contributed by atoms with Crippen LogP contribution in [0.2, 0.25) is 0 Å². The van der Waals surface area contributed by atoms with Crippen molar-refractivity contribution in [2.24, 2.45) is 0 Å². The molecule has 2 aromatic carbocycles. The van der Waals surface area contributed by atoms with Gasteiger partial charge in [0, 0.05) is 26.7 Å². The molecule has 3 nitrogen and oxygen atoms in total. The fraction of sp³-hybridized carbons (Fsp3) is 0.250. The van der Waals surface area contributed by atoms with Crippen molar-refractivity contribution >= 4 is 37.5 Å². The molecule has 2 aromatic rings. The van der Waals surface area contributed by atoms with Crippen molar-refractivity contribution in [2.75, 3.05) is 19.0 Å². The largest absolute Gasteiger partial charge is 0.496 e. The van der Waals surface area contributed by atoms with Crippen molar-refractivity contribution in [3.63, 3.8) is 0 Å². The number of aliphatic hydroxyl groups excluding tert-OH is 1. The molecule has 1 atom stereocenters. The van der Waals surface area contributed by atoms with Crippen molar-refractivity contribution in [1.29, 1.82) is 0 Å². The van der Waals surface area contributed by atoms with Gasteiger partial charge in [-0.15, -0.1) is 0 Å². The molecule has 0 amide bonds. The van der Waals surface area contributed by atoms with Gasteiger partial charge in [0.2, 0.25) is 0 Å². The van der Waals surface area contributed by atoms with Gasteiger partial charge in [0.05, 0.1) is 13.2 Å². The molecule has 5 heteroatoms. The molecule has 0 radical (unpaired) electrons. The molecule has 0 aliphatic rings. The predicted molar refractivity (Wildman–Crippen MR) is 93.0 cm³/mol. The van der Waals surface area contributed by atoms with E-state index < -0.39 is 6.10 Å². The summed E-state index contributed by atoms with van der Waals surface area (Å²) in [7, 11) is 1.61. The lowest BCUT2D eigenvalue weighted by Crippen LogP contribution is -2.13. The van der Waals surface area contributed by atoms with Gasteiger partial charge in [-0.05, 0) is 53.2 Å². The highest BCUT2D eigenvalue weighted by atomic mass is 79.9. The molecule has 0 saturated carbocycles. The Morgan fingerprint density at radius 2 is 1.95 bits per heavy atom. The molecule has 2 N–H and O–H groups in total. The number of halogens is 2. The van der Waals surface area contributed by atoms with E-state index in [0.717, 1.165) is 25.8 Å². The molecule has 0 fully saturated rings. The van der Waals surface area contributed by atoms with E-state index in [2.05, 4.69) is 37.2 Å². The molecular formula is C16H17Br2NO2. The van der Waals surface area contributed by atoms with Crippen LogP contribution in [0.4, 0.5) is 5.69 Å². The Labute approximate surface area is 141 Å². The number of methoxy groups -OCH3 is 1. The Morgan fingerprint density at radius 1 is 1.19 bits per heavy atom. The first-order valence-corrected chi connectivity index (χ1v) is 8.11. The highest BCUT2D eigenvalue weighted by molar-refractivity contribution is 9.11. The molecule has 0 heterocycles. The molecule has 2 rings (SSSR count). The number of aliphatic hydroxyl groups is 1. The molecule has 112 valence electrons. The molecule has 0 aromatic heterocycles. The summed E-state index contributed by atoms with van der Waals surface area (Å²) in [5.74, 6) is 0.697. The Balaban J connectivity index is 2.13. The standard InChI is InChI=1S/C16H17Br2NO2/c1-10-3-6-16(21-2)12(7-10)15(20)9-19-14-8-11(17)4-5-13(14)18/h3-8,15,19-20H,9H2,1-2H3. The number of anilines is 1. The summed E-state index contributed by atoms with van der Waals surface area (Å²) < 4.78 is 7.25. The minimum absolute atomic E-state index is 0.398. The van der Waals surface area contributed by atoms with Crippen molar-refractivity contribution < 1.29 is 9.84 Å². The molecule has 0 saturated heterocycles. The van der Waals surface area contributed by atoms with E-state index in [4.69, 9.17) is 4.74 Å². The molecule has 1 unspecified atom stereocenters. The van der Waals surface area contributed by atoms with Crippen LogP contribution in [0.1, 0.15) is 17.2 Å². The van der Waals surface area contributed by atoms with Crippen LogP contribution in [0.25, 0.3) is 0 Å². The Bertz CT molecular complexity index is 632. The van der Waals surface area contributed by atoms with Crippen LogP contribution in [-0.4, -0.2) is 18.8 Å². The van der Waals surface area contributed by atoms with Crippen LogP contribution < -0.4 is 10.1 Å². The molecule has 0 bridgehead atoms. The maximum Gasteiger partial charge on any atom is 0.124 e. The molecular weight excluding hydrogens is 398 g/mol. The molecule has 0 spiro atoms. The minimum atomic E-state index is -0.647. The third kappa shape index (κ3) is 4.22. The number of aryl methyl sites for hydroxylation is 1. The lowest BCUT2D eigenvalue weighted by molar-refractivity contribution is 0.187. The summed E-state index contributed by atoms with van der Waals surface area (Å²) in [4.78, 5) is 0. The first kappa shape index (κ1) is 16.3. The molecule has 0 aliphatic carbocycles. The quantitative estimate of drug-likeness (QED) is 0.746. The highest BCUT2D eigenvalue weighted by Crippen LogP contribution is 2.29. The number of nitrogens with one attached hydrogen (secondary N) is 1.